The van der Waals surface area contributed by atoms with Gasteiger partial charge in [-0.05, 0) is 68.5 Å². The zero-order valence-corrected chi connectivity index (χ0v) is 24.0. The molecule has 1 aliphatic heterocycles. The molecule has 1 heterocycles. The van der Waals surface area contributed by atoms with Crippen LogP contribution in [0.25, 0.3) is 0 Å². The third-order valence-corrected chi connectivity index (χ3v) is 10.5. The molecule has 0 aliphatic carbocycles. The number of aryl methyl sites for hydroxylation is 2. The first-order valence-electron chi connectivity index (χ1n) is 13.0. The number of benzene rings is 3. The Hall–Kier alpha value is -3.05. The maximum absolute atomic E-state index is 13.4. The molecule has 0 radical (unpaired) electrons. The molecule has 0 atom stereocenters. The SMILES string of the molecule is Cc1ccc(CN(CC(=O)NCCc2ccc(S(=O)(=O)N3CCCC3)cc2)S(=O)(=O)c2ccc(C)cc2)cc1. The van der Waals surface area contributed by atoms with E-state index in [1.165, 1.54) is 8.61 Å². The zero-order chi connectivity index (χ0) is 28.0. The van der Waals surface area contributed by atoms with E-state index < -0.39 is 26.0 Å². The lowest BCUT2D eigenvalue weighted by Gasteiger charge is -2.22. The fourth-order valence-corrected chi connectivity index (χ4v) is 7.35. The fourth-order valence-electron chi connectivity index (χ4n) is 4.45. The molecule has 0 saturated carbocycles. The molecule has 4 rings (SSSR count). The maximum atomic E-state index is 13.4. The highest BCUT2D eigenvalue weighted by Crippen LogP contribution is 2.22. The number of nitrogens with one attached hydrogen (secondary N) is 1. The van der Waals surface area contributed by atoms with Crippen molar-refractivity contribution in [2.75, 3.05) is 26.2 Å². The second-order valence-electron chi connectivity index (χ2n) is 9.93. The Balaban J connectivity index is 1.39. The van der Waals surface area contributed by atoms with Crippen molar-refractivity contribution in [2.45, 2.75) is 49.4 Å². The molecule has 0 aromatic heterocycles. The molecule has 1 N–H and O–H groups in total. The quantitative estimate of drug-likeness (QED) is 0.380. The number of rotatable bonds is 11. The molecule has 8 nitrogen and oxygen atoms in total. The predicted octanol–water partition coefficient (Wildman–Crippen LogP) is 3.64. The molecule has 10 heteroatoms. The van der Waals surface area contributed by atoms with Gasteiger partial charge in [0.15, 0.2) is 0 Å². The highest BCUT2D eigenvalue weighted by atomic mass is 32.2. The van der Waals surface area contributed by atoms with Gasteiger partial charge in [-0.3, -0.25) is 4.79 Å². The van der Waals surface area contributed by atoms with Gasteiger partial charge < -0.3 is 5.32 Å². The van der Waals surface area contributed by atoms with Crippen molar-refractivity contribution >= 4 is 26.0 Å². The number of amides is 1. The third-order valence-electron chi connectivity index (χ3n) is 6.82. The molecule has 3 aromatic rings. The minimum Gasteiger partial charge on any atom is -0.355 e. The van der Waals surface area contributed by atoms with E-state index in [4.69, 9.17) is 0 Å². The normalized spacial score (nSPS) is 14.5. The zero-order valence-electron chi connectivity index (χ0n) is 22.3. The van der Waals surface area contributed by atoms with Gasteiger partial charge in [0.25, 0.3) is 0 Å². The molecule has 0 bridgehead atoms. The van der Waals surface area contributed by atoms with Crippen LogP contribution in [0.5, 0.6) is 0 Å². The first-order chi connectivity index (χ1) is 18.6. The van der Waals surface area contributed by atoms with E-state index in [0.717, 1.165) is 35.1 Å². The smallest absolute Gasteiger partial charge is 0.243 e. The summed E-state index contributed by atoms with van der Waals surface area (Å²) >= 11 is 0. The molecule has 1 saturated heterocycles. The van der Waals surface area contributed by atoms with E-state index in [1.807, 2.05) is 38.1 Å². The molecule has 1 fully saturated rings. The van der Waals surface area contributed by atoms with Gasteiger partial charge in [-0.2, -0.15) is 8.61 Å². The summed E-state index contributed by atoms with van der Waals surface area (Å²) in [4.78, 5) is 13.3. The molecule has 0 spiro atoms. The second-order valence-corrected chi connectivity index (χ2v) is 13.8. The van der Waals surface area contributed by atoms with Crippen LogP contribution in [-0.2, 0) is 37.8 Å². The largest absolute Gasteiger partial charge is 0.355 e. The topological polar surface area (TPSA) is 104 Å². The molecule has 39 heavy (non-hydrogen) atoms. The van der Waals surface area contributed by atoms with Gasteiger partial charge in [0, 0.05) is 26.2 Å². The van der Waals surface area contributed by atoms with Crippen molar-refractivity contribution in [3.63, 3.8) is 0 Å². The molecular weight excluding hydrogens is 534 g/mol. The summed E-state index contributed by atoms with van der Waals surface area (Å²) in [5.74, 6) is -0.411. The minimum absolute atomic E-state index is 0.0663. The summed E-state index contributed by atoms with van der Waals surface area (Å²) in [6, 6.07) is 20.8. The average molecular weight is 570 g/mol. The lowest BCUT2D eigenvalue weighted by molar-refractivity contribution is -0.121. The molecule has 1 aliphatic rings. The maximum Gasteiger partial charge on any atom is 0.243 e. The molecule has 208 valence electrons. The van der Waals surface area contributed by atoms with Crippen molar-refractivity contribution in [3.05, 3.63) is 95.1 Å². The highest BCUT2D eigenvalue weighted by molar-refractivity contribution is 7.89. The van der Waals surface area contributed by atoms with Gasteiger partial charge in [-0.15, -0.1) is 0 Å². The Kier molecular flexibility index (Phi) is 9.22. The van der Waals surface area contributed by atoms with Crippen LogP contribution in [0.4, 0.5) is 0 Å². The van der Waals surface area contributed by atoms with E-state index in [0.29, 0.717) is 26.1 Å². The van der Waals surface area contributed by atoms with Crippen molar-refractivity contribution < 1.29 is 21.6 Å². The van der Waals surface area contributed by atoms with E-state index >= 15 is 0 Å². The van der Waals surface area contributed by atoms with Crippen LogP contribution >= 0.6 is 0 Å². The monoisotopic (exact) mass is 569 g/mol. The lowest BCUT2D eigenvalue weighted by atomic mass is 10.1. The number of hydrogen-bond donors (Lipinski definition) is 1. The van der Waals surface area contributed by atoms with Crippen LogP contribution in [0.1, 0.15) is 35.1 Å². The van der Waals surface area contributed by atoms with Gasteiger partial charge in [0.1, 0.15) is 0 Å². The summed E-state index contributed by atoms with van der Waals surface area (Å²) in [5.41, 5.74) is 3.66. The summed E-state index contributed by atoms with van der Waals surface area (Å²) in [6.07, 6.45) is 2.25. The Morgan fingerprint density at radius 1 is 0.769 bits per heavy atom. The van der Waals surface area contributed by atoms with Crippen molar-refractivity contribution in [2.24, 2.45) is 0 Å². The van der Waals surface area contributed by atoms with Gasteiger partial charge >= 0.3 is 0 Å². The Morgan fingerprint density at radius 2 is 1.28 bits per heavy atom. The van der Waals surface area contributed by atoms with Crippen molar-refractivity contribution in [3.8, 4) is 0 Å². The summed E-state index contributed by atoms with van der Waals surface area (Å²) in [7, 11) is -7.38. The average Bonchev–Trinajstić information content (AvgIpc) is 3.46. The summed E-state index contributed by atoms with van der Waals surface area (Å²) in [6.45, 7) is 4.98. The summed E-state index contributed by atoms with van der Waals surface area (Å²) in [5, 5.41) is 2.81. The molecule has 1 amide bonds. The van der Waals surface area contributed by atoms with Crippen LogP contribution in [0, 0.1) is 13.8 Å². The summed E-state index contributed by atoms with van der Waals surface area (Å²) < 4.78 is 55.0. The van der Waals surface area contributed by atoms with Crippen molar-refractivity contribution in [1.29, 1.82) is 0 Å². The highest BCUT2D eigenvalue weighted by Gasteiger charge is 2.28. The lowest BCUT2D eigenvalue weighted by Crippen LogP contribution is -2.40. The Labute approximate surface area is 231 Å². The van der Waals surface area contributed by atoms with Gasteiger partial charge in [-0.25, -0.2) is 16.8 Å². The first-order valence-corrected chi connectivity index (χ1v) is 15.9. The van der Waals surface area contributed by atoms with Gasteiger partial charge in [0.05, 0.1) is 16.3 Å². The van der Waals surface area contributed by atoms with E-state index in [-0.39, 0.29) is 22.9 Å². The number of carbonyl (C=O) groups is 1. The standard InChI is InChI=1S/C29H35N3O5S2/c1-23-5-9-26(10-6-23)21-32(39(36,37)27-13-7-24(2)8-14-27)22-29(33)30-18-17-25-11-15-28(16-12-25)38(34,35)31-19-3-4-20-31/h5-16H,3-4,17-22H2,1-2H3,(H,30,33). The van der Waals surface area contributed by atoms with Crippen LogP contribution in [0.15, 0.2) is 82.6 Å². The van der Waals surface area contributed by atoms with Crippen molar-refractivity contribution in [1.82, 2.24) is 13.9 Å². The van der Waals surface area contributed by atoms with E-state index in [2.05, 4.69) is 5.32 Å². The van der Waals surface area contributed by atoms with E-state index in [1.54, 1.807) is 48.5 Å². The van der Waals surface area contributed by atoms with Crippen LogP contribution in [-0.4, -0.2) is 57.5 Å². The number of nitrogens with zero attached hydrogens (tertiary/aromatic N) is 2. The predicted molar refractivity (Wildman–Crippen MR) is 151 cm³/mol. The number of sulfonamides is 2. The molecule has 3 aromatic carbocycles. The molecular formula is C29H35N3O5S2. The molecule has 0 unspecified atom stereocenters. The fraction of sp³-hybridized carbons (Fsp3) is 0.345. The Morgan fingerprint density at radius 3 is 1.87 bits per heavy atom. The van der Waals surface area contributed by atoms with E-state index in [9.17, 15) is 21.6 Å². The third kappa shape index (κ3) is 7.33. The van der Waals surface area contributed by atoms with Crippen LogP contribution in [0.2, 0.25) is 0 Å². The first kappa shape index (κ1) is 28.9. The number of hydrogen-bond acceptors (Lipinski definition) is 5. The van der Waals surface area contributed by atoms with Crippen LogP contribution in [0.3, 0.4) is 0 Å². The number of carbonyl (C=O) groups excluding carboxylic acids is 1. The second kappa shape index (κ2) is 12.4. The van der Waals surface area contributed by atoms with Gasteiger partial charge in [-0.1, -0.05) is 59.7 Å². The minimum atomic E-state index is -3.91. The van der Waals surface area contributed by atoms with Gasteiger partial charge in [0.2, 0.25) is 26.0 Å². The van der Waals surface area contributed by atoms with Crippen LogP contribution < -0.4 is 5.32 Å². The Bertz CT molecular complexity index is 1480.